The zero-order chi connectivity index (χ0) is 32.6. The van der Waals surface area contributed by atoms with Crippen molar-refractivity contribution >= 4 is 21.8 Å². The van der Waals surface area contributed by atoms with Gasteiger partial charge in [0.05, 0.1) is 11.0 Å². The van der Waals surface area contributed by atoms with Crippen LogP contribution in [0.5, 0.6) is 0 Å². The van der Waals surface area contributed by atoms with Gasteiger partial charge in [0, 0.05) is 21.9 Å². The van der Waals surface area contributed by atoms with E-state index in [1.54, 1.807) is 0 Å². The summed E-state index contributed by atoms with van der Waals surface area (Å²) in [4.78, 5) is 15.3. The standard InChI is InChI=1S/C45H30N4/c1-4-15-31(16-5-1)36-28-37(32-17-6-2-7-18-32)30-38(29-36)34-21-14-22-35(27-34)44-46-43(33-19-8-3-9-20-33)47-45(48-44)49-41-25-12-10-23-39(41)40-24-11-13-26-42(40)49/h1-30H. The van der Waals surface area contributed by atoms with Crippen molar-refractivity contribution in [2.24, 2.45) is 0 Å². The number of fused-ring (bicyclic) bond motifs is 3. The molecule has 9 aromatic rings. The number of hydrogen-bond acceptors (Lipinski definition) is 3. The first-order valence-corrected chi connectivity index (χ1v) is 16.5. The minimum absolute atomic E-state index is 0.587. The quantitative estimate of drug-likeness (QED) is 0.184. The summed E-state index contributed by atoms with van der Waals surface area (Å²) in [5.41, 5.74) is 10.9. The van der Waals surface area contributed by atoms with Crippen LogP contribution >= 0.6 is 0 Å². The van der Waals surface area contributed by atoms with E-state index in [2.05, 4.69) is 156 Å². The third-order valence-electron chi connectivity index (χ3n) is 9.04. The van der Waals surface area contributed by atoms with Gasteiger partial charge in [-0.3, -0.25) is 4.57 Å². The number of para-hydroxylation sites is 2. The second kappa shape index (κ2) is 12.2. The van der Waals surface area contributed by atoms with E-state index >= 15 is 0 Å². The molecule has 0 saturated carbocycles. The van der Waals surface area contributed by atoms with Crippen LogP contribution in [0, 0.1) is 0 Å². The van der Waals surface area contributed by atoms with E-state index in [0.717, 1.165) is 44.1 Å². The van der Waals surface area contributed by atoms with Crippen LogP contribution in [0.15, 0.2) is 182 Å². The van der Waals surface area contributed by atoms with E-state index in [4.69, 9.17) is 15.0 Å². The molecule has 4 nitrogen and oxygen atoms in total. The topological polar surface area (TPSA) is 43.6 Å². The normalized spacial score (nSPS) is 11.3. The van der Waals surface area contributed by atoms with E-state index < -0.39 is 0 Å². The average Bonchev–Trinajstić information content (AvgIpc) is 3.53. The Morgan fingerprint density at radius 2 is 0.673 bits per heavy atom. The number of hydrogen-bond donors (Lipinski definition) is 0. The Labute approximate surface area is 284 Å². The lowest BCUT2D eigenvalue weighted by molar-refractivity contribution is 0.953. The SMILES string of the molecule is c1ccc(-c2cc(-c3ccccc3)cc(-c3cccc(-c4nc(-c5ccccc5)nc(-n5c6ccccc6c6ccccc65)n4)c3)c2)cc1. The lowest BCUT2D eigenvalue weighted by Crippen LogP contribution is -2.06. The van der Waals surface area contributed by atoms with Crippen molar-refractivity contribution in [3.8, 4) is 62.1 Å². The highest BCUT2D eigenvalue weighted by molar-refractivity contribution is 6.09. The van der Waals surface area contributed by atoms with Gasteiger partial charge in [-0.2, -0.15) is 9.97 Å². The predicted octanol–water partition coefficient (Wildman–Crippen LogP) is 11.3. The van der Waals surface area contributed by atoms with Crippen molar-refractivity contribution in [3.05, 3.63) is 182 Å². The molecule has 7 aromatic carbocycles. The van der Waals surface area contributed by atoms with E-state index in [1.165, 1.54) is 22.3 Å². The summed E-state index contributed by atoms with van der Waals surface area (Å²) in [7, 11) is 0. The number of rotatable bonds is 6. The molecule has 2 aromatic heterocycles. The van der Waals surface area contributed by atoms with Crippen molar-refractivity contribution in [1.82, 2.24) is 19.5 Å². The summed E-state index contributed by atoms with van der Waals surface area (Å²) in [6, 6.07) is 63.5. The first-order chi connectivity index (χ1) is 24.3. The Balaban J connectivity index is 1.24. The molecule has 9 rings (SSSR count). The van der Waals surface area contributed by atoms with Gasteiger partial charge in [0.25, 0.3) is 0 Å². The van der Waals surface area contributed by atoms with Crippen LogP contribution in [0.4, 0.5) is 0 Å². The van der Waals surface area contributed by atoms with E-state index in [-0.39, 0.29) is 0 Å². The Hall–Kier alpha value is -6.65. The van der Waals surface area contributed by atoms with Crippen molar-refractivity contribution < 1.29 is 0 Å². The summed E-state index contributed by atoms with van der Waals surface area (Å²) < 4.78 is 2.15. The molecule has 49 heavy (non-hydrogen) atoms. The third-order valence-corrected chi connectivity index (χ3v) is 9.04. The molecule has 0 aliphatic rings. The largest absolute Gasteiger partial charge is 0.278 e. The lowest BCUT2D eigenvalue weighted by Gasteiger charge is -2.13. The van der Waals surface area contributed by atoms with E-state index in [1.807, 2.05) is 30.3 Å². The molecule has 0 amide bonds. The summed E-state index contributed by atoms with van der Waals surface area (Å²) in [6.45, 7) is 0. The molecule has 0 atom stereocenters. The van der Waals surface area contributed by atoms with Gasteiger partial charge in [-0.1, -0.05) is 146 Å². The van der Waals surface area contributed by atoms with E-state index in [9.17, 15) is 0 Å². The van der Waals surface area contributed by atoms with Gasteiger partial charge in [-0.25, -0.2) is 4.98 Å². The fourth-order valence-corrected chi connectivity index (χ4v) is 6.67. The van der Waals surface area contributed by atoms with Crippen molar-refractivity contribution in [2.45, 2.75) is 0 Å². The highest BCUT2D eigenvalue weighted by Crippen LogP contribution is 2.35. The first-order valence-electron chi connectivity index (χ1n) is 16.5. The molecule has 2 heterocycles. The molecule has 230 valence electrons. The molecule has 0 aliphatic carbocycles. The van der Waals surface area contributed by atoms with Crippen LogP contribution in [0.3, 0.4) is 0 Å². The van der Waals surface area contributed by atoms with Gasteiger partial charge in [0.1, 0.15) is 0 Å². The van der Waals surface area contributed by atoms with Crippen molar-refractivity contribution in [3.63, 3.8) is 0 Å². The molecule has 0 unspecified atom stereocenters. The fourth-order valence-electron chi connectivity index (χ4n) is 6.67. The summed E-state index contributed by atoms with van der Waals surface area (Å²) in [6.07, 6.45) is 0. The van der Waals surface area contributed by atoms with Gasteiger partial charge >= 0.3 is 0 Å². The second-order valence-corrected chi connectivity index (χ2v) is 12.1. The van der Waals surface area contributed by atoms with Gasteiger partial charge in [0.15, 0.2) is 11.6 Å². The van der Waals surface area contributed by atoms with Crippen LogP contribution in [0.25, 0.3) is 83.9 Å². The zero-order valence-corrected chi connectivity index (χ0v) is 26.6. The molecular weight excluding hydrogens is 597 g/mol. The summed E-state index contributed by atoms with van der Waals surface area (Å²) in [5.74, 6) is 1.84. The van der Waals surface area contributed by atoms with Crippen molar-refractivity contribution in [1.29, 1.82) is 0 Å². The Bertz CT molecular complexity index is 2480. The van der Waals surface area contributed by atoms with Crippen LogP contribution in [0.2, 0.25) is 0 Å². The zero-order valence-electron chi connectivity index (χ0n) is 26.6. The number of nitrogens with zero attached hydrogens (tertiary/aromatic N) is 4. The maximum atomic E-state index is 5.18. The smallest absolute Gasteiger partial charge is 0.238 e. The molecule has 0 fully saturated rings. The first kappa shape index (κ1) is 28.6. The minimum atomic E-state index is 0.587. The molecule has 0 bridgehead atoms. The Kier molecular flexibility index (Phi) is 7.10. The van der Waals surface area contributed by atoms with Crippen molar-refractivity contribution in [2.75, 3.05) is 0 Å². The minimum Gasteiger partial charge on any atom is -0.278 e. The summed E-state index contributed by atoms with van der Waals surface area (Å²) in [5, 5.41) is 2.33. The van der Waals surface area contributed by atoms with Gasteiger partial charge in [-0.05, 0) is 69.8 Å². The molecule has 0 N–H and O–H groups in total. The Morgan fingerprint density at radius 1 is 0.286 bits per heavy atom. The van der Waals surface area contributed by atoms with Crippen LogP contribution < -0.4 is 0 Å². The van der Waals surface area contributed by atoms with Gasteiger partial charge < -0.3 is 0 Å². The second-order valence-electron chi connectivity index (χ2n) is 12.1. The lowest BCUT2D eigenvalue weighted by atomic mass is 9.93. The van der Waals surface area contributed by atoms with E-state index in [0.29, 0.717) is 17.6 Å². The maximum absolute atomic E-state index is 5.18. The summed E-state index contributed by atoms with van der Waals surface area (Å²) >= 11 is 0. The third kappa shape index (κ3) is 5.35. The number of aromatic nitrogens is 4. The van der Waals surface area contributed by atoms with Crippen LogP contribution in [-0.4, -0.2) is 19.5 Å². The highest BCUT2D eigenvalue weighted by atomic mass is 15.2. The molecule has 4 heteroatoms. The van der Waals surface area contributed by atoms with Gasteiger partial charge in [-0.15, -0.1) is 0 Å². The molecule has 0 radical (unpaired) electrons. The monoisotopic (exact) mass is 626 g/mol. The molecule has 0 aliphatic heterocycles. The van der Waals surface area contributed by atoms with Gasteiger partial charge in [0.2, 0.25) is 5.95 Å². The average molecular weight is 627 g/mol. The fraction of sp³-hybridized carbons (Fsp3) is 0. The van der Waals surface area contributed by atoms with Crippen LogP contribution in [-0.2, 0) is 0 Å². The predicted molar refractivity (Wildman–Crippen MR) is 201 cm³/mol. The molecule has 0 spiro atoms. The highest BCUT2D eigenvalue weighted by Gasteiger charge is 2.18. The van der Waals surface area contributed by atoms with Crippen LogP contribution in [0.1, 0.15) is 0 Å². The Morgan fingerprint density at radius 3 is 1.22 bits per heavy atom. The molecular formula is C45H30N4. The number of benzene rings is 7. The maximum Gasteiger partial charge on any atom is 0.238 e. The molecule has 0 saturated heterocycles.